The standard InChI is InChI=1S/C31H22N6.2C15H9.2Au/c1-5-13-22(14-6-1)28-32-26(33-29(36-28)23-15-7-2-8-16-23)21-27-34-30(24-17-9-3-10-18-24)37-31(35-27)25-19-11-4-12-20-25;2*1-2-11-7-8-15-13(9-11)10-12-5-3-4-6-14(12)15;;/h1-20H,21H2;2*3-9H,10H2;;/q;2*-1;2*+1. The zero-order chi connectivity index (χ0) is 45.4. The Bertz CT molecular complexity index is 3110. The van der Waals surface area contributed by atoms with Crippen LogP contribution in [-0.2, 0) is 64.0 Å². The summed E-state index contributed by atoms with van der Waals surface area (Å²) in [7, 11) is 0. The molecule has 0 spiro atoms. The molecule has 12 rings (SSSR count). The Morgan fingerprint density at radius 1 is 0.319 bits per heavy atom. The monoisotopic (exact) mass is 1250 g/mol. The van der Waals surface area contributed by atoms with Gasteiger partial charge in [0.2, 0.25) is 0 Å². The van der Waals surface area contributed by atoms with E-state index >= 15 is 0 Å². The number of fused-ring (bicyclic) bond motifs is 6. The second kappa shape index (κ2) is 22.5. The maximum atomic E-state index is 7.12. The molecule has 69 heavy (non-hydrogen) atoms. The molecule has 8 aromatic carbocycles. The third kappa shape index (κ3) is 11.1. The summed E-state index contributed by atoms with van der Waals surface area (Å²) in [6, 6.07) is 68.9. The zero-order valence-corrected chi connectivity index (χ0v) is 41.4. The molecule has 10 aromatic rings. The van der Waals surface area contributed by atoms with Crippen molar-refractivity contribution in [1.29, 1.82) is 0 Å². The van der Waals surface area contributed by atoms with Crippen LogP contribution >= 0.6 is 0 Å². The Hall–Kier alpha value is -7.62. The summed E-state index contributed by atoms with van der Waals surface area (Å²) in [4.78, 5) is 28.8. The van der Waals surface area contributed by atoms with Gasteiger partial charge in [-0.05, 0) is 46.2 Å². The molecule has 336 valence electrons. The van der Waals surface area contributed by atoms with Crippen LogP contribution in [0.25, 0.3) is 67.8 Å². The smallest absolute Gasteiger partial charge is 0.366 e. The Balaban J connectivity index is 0.000000164. The van der Waals surface area contributed by atoms with Crippen molar-refractivity contribution in [3.8, 4) is 79.6 Å². The van der Waals surface area contributed by atoms with Gasteiger partial charge >= 0.3 is 44.8 Å². The molecule has 2 aliphatic rings. The van der Waals surface area contributed by atoms with Gasteiger partial charge in [0.05, 0.1) is 6.42 Å². The summed E-state index contributed by atoms with van der Waals surface area (Å²) < 4.78 is 0. The molecule has 0 aliphatic heterocycles. The number of nitrogens with zero attached hydrogens (tertiary/aromatic N) is 6. The van der Waals surface area contributed by atoms with Crippen LogP contribution in [-0.4, -0.2) is 29.9 Å². The van der Waals surface area contributed by atoms with Crippen LogP contribution in [0, 0.1) is 24.7 Å². The fourth-order valence-electron chi connectivity index (χ4n) is 8.45. The van der Waals surface area contributed by atoms with Gasteiger partial charge in [-0.2, -0.15) is 0 Å². The summed E-state index contributed by atoms with van der Waals surface area (Å²) in [6.07, 6.45) is 16.5. The first-order valence-electron chi connectivity index (χ1n) is 22.1. The first kappa shape index (κ1) is 47.9. The molecule has 0 radical (unpaired) electrons. The van der Waals surface area contributed by atoms with E-state index in [-0.39, 0.29) is 44.8 Å². The average Bonchev–Trinajstić information content (AvgIpc) is 3.97. The third-order valence-corrected chi connectivity index (χ3v) is 11.7. The summed E-state index contributed by atoms with van der Waals surface area (Å²) in [5, 5.41) is 0. The van der Waals surface area contributed by atoms with E-state index in [1.807, 2.05) is 133 Å². The molecular weight excluding hydrogens is 1210 g/mol. The van der Waals surface area contributed by atoms with E-state index in [1.54, 1.807) is 0 Å². The van der Waals surface area contributed by atoms with Gasteiger partial charge in [0.1, 0.15) is 11.6 Å². The maximum Gasteiger partial charge on any atom is 1.00 e. The summed E-state index contributed by atoms with van der Waals surface area (Å²) in [6.45, 7) is 0. The molecule has 8 heteroatoms. The number of rotatable bonds is 6. The van der Waals surface area contributed by atoms with Crippen LogP contribution in [0.1, 0.15) is 45.0 Å². The van der Waals surface area contributed by atoms with E-state index < -0.39 is 0 Å². The Morgan fingerprint density at radius 2 is 0.609 bits per heavy atom. The number of hydrogen-bond donors (Lipinski definition) is 0. The fourth-order valence-corrected chi connectivity index (χ4v) is 8.45. The van der Waals surface area contributed by atoms with Crippen molar-refractivity contribution in [2.24, 2.45) is 0 Å². The first-order valence-corrected chi connectivity index (χ1v) is 22.1. The number of benzene rings is 8. The topological polar surface area (TPSA) is 77.3 Å². The second-order valence-corrected chi connectivity index (χ2v) is 16.1. The number of aromatic nitrogens is 6. The Kier molecular flexibility index (Phi) is 15.6. The molecule has 0 saturated carbocycles. The molecule has 0 amide bonds. The van der Waals surface area contributed by atoms with Crippen LogP contribution in [0.2, 0.25) is 0 Å². The minimum Gasteiger partial charge on any atom is -0.366 e. The number of hydrogen-bond acceptors (Lipinski definition) is 6. The summed E-state index contributed by atoms with van der Waals surface area (Å²) in [5.74, 6) is 8.52. The van der Waals surface area contributed by atoms with E-state index in [1.165, 1.54) is 44.5 Å². The van der Waals surface area contributed by atoms with Crippen molar-refractivity contribution in [3.05, 3.63) is 264 Å². The van der Waals surface area contributed by atoms with E-state index in [9.17, 15) is 0 Å². The van der Waals surface area contributed by atoms with E-state index in [0.29, 0.717) is 41.4 Å². The van der Waals surface area contributed by atoms with Crippen LogP contribution in [0.4, 0.5) is 0 Å². The maximum absolute atomic E-state index is 7.12. The van der Waals surface area contributed by atoms with Crippen molar-refractivity contribution < 1.29 is 44.8 Å². The quantitative estimate of drug-likeness (QED) is 0.0938. The Labute approximate surface area is 434 Å². The van der Waals surface area contributed by atoms with Crippen molar-refractivity contribution in [3.63, 3.8) is 0 Å². The average molecular weight is 1250 g/mol. The van der Waals surface area contributed by atoms with Gasteiger partial charge in [0.15, 0.2) is 23.3 Å². The molecule has 0 N–H and O–H groups in total. The van der Waals surface area contributed by atoms with Crippen molar-refractivity contribution >= 4 is 0 Å². The molecule has 0 saturated heterocycles. The van der Waals surface area contributed by atoms with Gasteiger partial charge in [-0.3, -0.25) is 11.8 Å². The predicted octanol–water partition coefficient (Wildman–Crippen LogP) is 12.7. The molecule has 6 nitrogen and oxygen atoms in total. The predicted molar refractivity (Wildman–Crippen MR) is 266 cm³/mol. The van der Waals surface area contributed by atoms with E-state index in [4.69, 9.17) is 42.8 Å². The molecular formula is C61H40Au2N6. The van der Waals surface area contributed by atoms with Crippen LogP contribution in [0.5, 0.6) is 0 Å². The molecule has 2 aromatic heterocycles. The van der Waals surface area contributed by atoms with Gasteiger partial charge in [0.25, 0.3) is 0 Å². The third-order valence-electron chi connectivity index (χ3n) is 11.7. The van der Waals surface area contributed by atoms with Gasteiger partial charge in [0, 0.05) is 22.3 Å². The second-order valence-electron chi connectivity index (χ2n) is 16.1. The molecule has 0 bridgehead atoms. The van der Waals surface area contributed by atoms with Crippen molar-refractivity contribution in [2.45, 2.75) is 19.3 Å². The van der Waals surface area contributed by atoms with Gasteiger partial charge in [-0.15, -0.1) is 35.4 Å². The van der Waals surface area contributed by atoms with Gasteiger partial charge < -0.3 is 12.8 Å². The normalized spacial score (nSPS) is 10.9. The van der Waals surface area contributed by atoms with Crippen LogP contribution < -0.4 is 0 Å². The van der Waals surface area contributed by atoms with Crippen LogP contribution in [0.15, 0.2) is 206 Å². The molecule has 0 unspecified atom stereocenters. The van der Waals surface area contributed by atoms with Gasteiger partial charge in [-0.25, -0.2) is 29.9 Å². The van der Waals surface area contributed by atoms with Gasteiger partial charge in [-0.1, -0.05) is 193 Å². The summed E-state index contributed by atoms with van der Waals surface area (Å²) >= 11 is 0. The zero-order valence-electron chi connectivity index (χ0n) is 37.0. The fraction of sp³-hybridized carbons (Fsp3) is 0.0492. The Morgan fingerprint density at radius 3 is 0.928 bits per heavy atom. The molecule has 0 atom stereocenters. The minimum atomic E-state index is 0. The van der Waals surface area contributed by atoms with Crippen molar-refractivity contribution in [2.75, 3.05) is 0 Å². The molecule has 2 aliphatic carbocycles. The van der Waals surface area contributed by atoms with E-state index in [0.717, 1.165) is 46.2 Å². The largest absolute Gasteiger partial charge is 1.00 e. The SMILES string of the molecule is [Au+].[Au+].[C-]#Cc1ccc2c(c1)Cc1ccccc1-2.[C-]#Cc1ccc2c(c1)Cc1ccccc1-2.c1ccc(-c2nc(Cc3nc(-c4ccccc4)nc(-c4ccccc4)n3)nc(-c3ccccc3)n2)cc1. The first-order chi connectivity index (χ1) is 33.1. The minimum absolute atomic E-state index is 0. The van der Waals surface area contributed by atoms with E-state index in [2.05, 4.69) is 84.6 Å². The molecule has 0 fully saturated rings. The van der Waals surface area contributed by atoms with Crippen LogP contribution in [0.3, 0.4) is 0 Å². The van der Waals surface area contributed by atoms with Crippen molar-refractivity contribution in [1.82, 2.24) is 29.9 Å². The summed E-state index contributed by atoms with van der Waals surface area (Å²) in [5.41, 5.74) is 16.1. The molecule has 2 heterocycles.